The summed E-state index contributed by atoms with van der Waals surface area (Å²) in [4.78, 5) is 28.6. The van der Waals surface area contributed by atoms with Crippen LogP contribution in [0.25, 0.3) is 0 Å². The lowest BCUT2D eigenvalue weighted by Gasteiger charge is -2.29. The zero-order chi connectivity index (χ0) is 22.8. The highest BCUT2D eigenvalue weighted by Crippen LogP contribution is 2.18. The van der Waals surface area contributed by atoms with Gasteiger partial charge in [0.1, 0.15) is 0 Å². The molecule has 1 aromatic carbocycles. The summed E-state index contributed by atoms with van der Waals surface area (Å²) in [6, 6.07) is 11.8. The maximum atomic E-state index is 13.1. The Labute approximate surface area is 190 Å². The van der Waals surface area contributed by atoms with Crippen molar-refractivity contribution in [2.75, 3.05) is 33.4 Å². The predicted molar refractivity (Wildman–Crippen MR) is 124 cm³/mol. The molecule has 0 aliphatic carbocycles. The van der Waals surface area contributed by atoms with Gasteiger partial charge in [0.05, 0.1) is 13.1 Å². The van der Waals surface area contributed by atoms with Crippen molar-refractivity contribution in [3.8, 4) is 0 Å². The van der Waals surface area contributed by atoms with Crippen molar-refractivity contribution in [1.29, 1.82) is 0 Å². The molecular weight excluding hydrogens is 414 g/mol. The third kappa shape index (κ3) is 8.04. The minimum absolute atomic E-state index is 0.0492. The highest BCUT2D eigenvalue weighted by atomic mass is 35.5. The van der Waals surface area contributed by atoms with E-state index in [-0.39, 0.29) is 18.4 Å². The molecule has 0 saturated carbocycles. The molecule has 170 valence electrons. The number of methoxy groups -OCH3 is 1. The second kappa shape index (κ2) is 12.5. The van der Waals surface area contributed by atoms with Crippen LogP contribution in [-0.2, 0) is 27.4 Å². The smallest absolute Gasteiger partial charge is 0.242 e. The Morgan fingerprint density at radius 1 is 1.13 bits per heavy atom. The van der Waals surface area contributed by atoms with Gasteiger partial charge in [-0.25, -0.2) is 0 Å². The number of hydrogen-bond donors (Lipinski definition) is 0. The Kier molecular flexibility index (Phi) is 10.1. The van der Waals surface area contributed by atoms with Crippen molar-refractivity contribution in [3.63, 3.8) is 0 Å². The molecule has 0 bridgehead atoms. The van der Waals surface area contributed by atoms with Gasteiger partial charge in [-0.2, -0.15) is 0 Å². The molecule has 2 amide bonds. The first-order valence-electron chi connectivity index (χ1n) is 10.7. The van der Waals surface area contributed by atoms with Gasteiger partial charge in [0.2, 0.25) is 11.8 Å². The lowest BCUT2D eigenvalue weighted by molar-refractivity contribution is -0.140. The maximum absolute atomic E-state index is 13.1. The molecule has 0 N–H and O–H groups in total. The number of carbonyl (C=O) groups is 2. The first-order chi connectivity index (χ1) is 14.8. The normalized spacial score (nSPS) is 11.0. The van der Waals surface area contributed by atoms with Gasteiger partial charge in [-0.3, -0.25) is 9.59 Å². The van der Waals surface area contributed by atoms with Gasteiger partial charge >= 0.3 is 0 Å². The standard InChI is InChI=1S/C24H34ClN3O3/c1-19(2)15-28(24(30)18-26(20(3)29)13-8-14-31-4)17-22-10-7-12-27(22)16-21-9-5-6-11-23(21)25/h5-7,9-12,19H,8,13-18H2,1-4H3. The van der Waals surface area contributed by atoms with Crippen LogP contribution in [0.5, 0.6) is 0 Å². The molecule has 0 fully saturated rings. The fourth-order valence-electron chi connectivity index (χ4n) is 3.46. The summed E-state index contributed by atoms with van der Waals surface area (Å²) >= 11 is 6.33. The van der Waals surface area contributed by atoms with Gasteiger partial charge in [0, 0.05) is 57.2 Å². The minimum Gasteiger partial charge on any atom is -0.385 e. The zero-order valence-electron chi connectivity index (χ0n) is 19.0. The highest BCUT2D eigenvalue weighted by molar-refractivity contribution is 6.31. The van der Waals surface area contributed by atoms with Gasteiger partial charge in [-0.15, -0.1) is 0 Å². The van der Waals surface area contributed by atoms with Crippen LogP contribution >= 0.6 is 11.6 Å². The van der Waals surface area contributed by atoms with Crippen LogP contribution in [0.3, 0.4) is 0 Å². The van der Waals surface area contributed by atoms with Crippen molar-refractivity contribution in [1.82, 2.24) is 14.4 Å². The second-order valence-corrected chi connectivity index (χ2v) is 8.58. The number of benzene rings is 1. The predicted octanol–water partition coefficient (Wildman–Crippen LogP) is 4.06. The number of hydrogen-bond acceptors (Lipinski definition) is 3. The number of aromatic nitrogens is 1. The lowest BCUT2D eigenvalue weighted by Crippen LogP contribution is -2.44. The Morgan fingerprint density at radius 2 is 1.87 bits per heavy atom. The number of nitrogens with zero attached hydrogens (tertiary/aromatic N) is 3. The Hall–Kier alpha value is -2.31. The molecule has 2 rings (SSSR count). The van der Waals surface area contributed by atoms with Crippen LogP contribution in [0.4, 0.5) is 0 Å². The van der Waals surface area contributed by atoms with E-state index in [0.717, 1.165) is 16.3 Å². The molecule has 7 heteroatoms. The average molecular weight is 448 g/mol. The monoisotopic (exact) mass is 447 g/mol. The van der Waals surface area contributed by atoms with E-state index in [1.165, 1.54) is 6.92 Å². The van der Waals surface area contributed by atoms with E-state index in [1.54, 1.807) is 12.0 Å². The quantitative estimate of drug-likeness (QED) is 0.461. The Morgan fingerprint density at radius 3 is 2.52 bits per heavy atom. The van der Waals surface area contributed by atoms with Crippen LogP contribution in [0.1, 0.15) is 38.4 Å². The fourth-order valence-corrected chi connectivity index (χ4v) is 3.65. The van der Waals surface area contributed by atoms with E-state index < -0.39 is 0 Å². The van der Waals surface area contributed by atoms with Crippen molar-refractivity contribution in [3.05, 3.63) is 58.9 Å². The van der Waals surface area contributed by atoms with Crippen LogP contribution < -0.4 is 0 Å². The Balaban J connectivity index is 2.12. The van der Waals surface area contributed by atoms with E-state index in [2.05, 4.69) is 18.4 Å². The molecule has 0 radical (unpaired) electrons. The molecule has 0 saturated heterocycles. The number of halogens is 1. The van der Waals surface area contributed by atoms with Crippen LogP contribution in [0.15, 0.2) is 42.6 Å². The van der Waals surface area contributed by atoms with E-state index >= 15 is 0 Å². The van der Waals surface area contributed by atoms with E-state index in [0.29, 0.717) is 45.1 Å². The van der Waals surface area contributed by atoms with Gasteiger partial charge in [-0.05, 0) is 36.1 Å². The van der Waals surface area contributed by atoms with Crippen molar-refractivity contribution in [2.24, 2.45) is 5.92 Å². The largest absolute Gasteiger partial charge is 0.385 e. The second-order valence-electron chi connectivity index (χ2n) is 8.17. The van der Waals surface area contributed by atoms with E-state index in [9.17, 15) is 9.59 Å². The molecule has 31 heavy (non-hydrogen) atoms. The first kappa shape index (κ1) is 25.0. The molecule has 0 atom stereocenters. The Bertz CT molecular complexity index is 850. The fraction of sp³-hybridized carbons (Fsp3) is 0.500. The van der Waals surface area contributed by atoms with Crippen molar-refractivity contribution < 1.29 is 14.3 Å². The highest BCUT2D eigenvalue weighted by Gasteiger charge is 2.21. The molecule has 2 aromatic rings. The molecule has 0 aliphatic rings. The van der Waals surface area contributed by atoms with Crippen LogP contribution in [0, 0.1) is 5.92 Å². The van der Waals surface area contributed by atoms with Gasteiger partial charge < -0.3 is 19.1 Å². The van der Waals surface area contributed by atoms with Gasteiger partial charge in [-0.1, -0.05) is 43.6 Å². The summed E-state index contributed by atoms with van der Waals surface area (Å²) in [6.45, 7) is 8.57. The van der Waals surface area contributed by atoms with Gasteiger partial charge in [0.25, 0.3) is 0 Å². The first-order valence-corrected chi connectivity index (χ1v) is 11.1. The summed E-state index contributed by atoms with van der Waals surface area (Å²) in [5.74, 6) is 0.165. The van der Waals surface area contributed by atoms with Gasteiger partial charge in [0.15, 0.2) is 0 Å². The zero-order valence-corrected chi connectivity index (χ0v) is 19.8. The summed E-state index contributed by atoms with van der Waals surface area (Å²) in [6.07, 6.45) is 2.71. The molecular formula is C24H34ClN3O3. The number of carbonyl (C=O) groups excluding carboxylic acids is 2. The number of amides is 2. The van der Waals surface area contributed by atoms with E-state index in [1.807, 2.05) is 47.5 Å². The topological polar surface area (TPSA) is 54.8 Å². The summed E-state index contributed by atoms with van der Waals surface area (Å²) in [5.41, 5.74) is 2.06. The molecule has 0 spiro atoms. The van der Waals surface area contributed by atoms with Crippen molar-refractivity contribution in [2.45, 2.75) is 40.3 Å². The summed E-state index contributed by atoms with van der Waals surface area (Å²) in [7, 11) is 1.63. The number of rotatable bonds is 12. The number of ether oxygens (including phenoxy) is 1. The maximum Gasteiger partial charge on any atom is 0.242 e. The third-order valence-corrected chi connectivity index (χ3v) is 5.43. The molecule has 1 heterocycles. The molecule has 0 unspecified atom stereocenters. The summed E-state index contributed by atoms with van der Waals surface area (Å²) in [5, 5.41) is 0.727. The lowest BCUT2D eigenvalue weighted by atomic mass is 10.2. The SMILES string of the molecule is COCCCN(CC(=O)N(Cc1cccn1Cc1ccccc1Cl)CC(C)C)C(C)=O. The molecule has 1 aromatic heterocycles. The minimum atomic E-state index is -0.101. The van der Waals surface area contributed by atoms with E-state index in [4.69, 9.17) is 16.3 Å². The third-order valence-electron chi connectivity index (χ3n) is 5.06. The van der Waals surface area contributed by atoms with Crippen molar-refractivity contribution >= 4 is 23.4 Å². The molecule has 6 nitrogen and oxygen atoms in total. The van der Waals surface area contributed by atoms with Crippen LogP contribution in [0.2, 0.25) is 5.02 Å². The average Bonchev–Trinajstić information content (AvgIpc) is 3.14. The molecule has 0 aliphatic heterocycles. The summed E-state index contributed by atoms with van der Waals surface area (Å²) < 4.78 is 7.19. The van der Waals surface area contributed by atoms with Crippen LogP contribution in [-0.4, -0.2) is 59.5 Å².